The van der Waals surface area contributed by atoms with Gasteiger partial charge in [0.15, 0.2) is 0 Å². The summed E-state index contributed by atoms with van der Waals surface area (Å²) in [5, 5.41) is 0. The van der Waals surface area contributed by atoms with Gasteiger partial charge in [-0.1, -0.05) is 13.0 Å². The molecule has 3 rings (SSSR count). The van der Waals surface area contributed by atoms with Crippen molar-refractivity contribution in [2.45, 2.75) is 43.6 Å². The van der Waals surface area contributed by atoms with Crippen LogP contribution in [0, 0.1) is 0 Å². The minimum atomic E-state index is -3.64. The monoisotopic (exact) mass is 366 g/mol. The van der Waals surface area contributed by atoms with E-state index in [9.17, 15) is 13.2 Å². The SMILES string of the molecule is CCN(CC1CCCCO1)S(=O)(=O)c1cccc(C(=O)N2CCC2)c1. The number of nitrogens with zero attached hydrogens (tertiary/aromatic N) is 2. The minimum absolute atomic E-state index is 0.0469. The molecule has 2 heterocycles. The van der Waals surface area contributed by atoms with E-state index in [2.05, 4.69) is 0 Å². The fourth-order valence-corrected chi connectivity index (χ4v) is 4.74. The van der Waals surface area contributed by atoms with Crippen LogP contribution in [0.3, 0.4) is 0 Å². The van der Waals surface area contributed by atoms with Gasteiger partial charge in [0.05, 0.1) is 11.0 Å². The van der Waals surface area contributed by atoms with Crippen molar-refractivity contribution >= 4 is 15.9 Å². The Morgan fingerprint density at radius 1 is 1.28 bits per heavy atom. The molecule has 0 spiro atoms. The van der Waals surface area contributed by atoms with Crippen LogP contribution >= 0.6 is 0 Å². The van der Waals surface area contributed by atoms with Gasteiger partial charge in [0, 0.05) is 38.3 Å². The number of likely N-dealkylation sites (N-methyl/N-ethyl adjacent to an activating group) is 1. The Hall–Kier alpha value is -1.44. The van der Waals surface area contributed by atoms with Gasteiger partial charge in [-0.15, -0.1) is 0 Å². The van der Waals surface area contributed by atoms with Crippen molar-refractivity contribution in [1.82, 2.24) is 9.21 Å². The van der Waals surface area contributed by atoms with E-state index in [-0.39, 0.29) is 16.9 Å². The number of amides is 1. The second-order valence-corrected chi connectivity index (χ2v) is 8.56. The van der Waals surface area contributed by atoms with E-state index >= 15 is 0 Å². The molecule has 1 aromatic carbocycles. The molecule has 1 atom stereocenters. The standard InChI is InChI=1S/C18H26N2O4S/c1-2-20(14-16-8-3-4-12-24-16)25(22,23)17-9-5-7-15(13-17)18(21)19-10-6-11-19/h5,7,9,13,16H,2-4,6,8,10-12,14H2,1H3. The molecular formula is C18H26N2O4S. The lowest BCUT2D eigenvalue weighted by atomic mass is 10.1. The highest BCUT2D eigenvalue weighted by Crippen LogP contribution is 2.22. The van der Waals surface area contributed by atoms with E-state index in [4.69, 9.17) is 4.74 Å². The highest BCUT2D eigenvalue weighted by molar-refractivity contribution is 7.89. The Kier molecular flexibility index (Phi) is 5.76. The number of likely N-dealkylation sites (tertiary alicyclic amines) is 1. The van der Waals surface area contributed by atoms with E-state index in [0.29, 0.717) is 25.3 Å². The molecule has 2 fully saturated rings. The lowest BCUT2D eigenvalue weighted by Crippen LogP contribution is -2.42. The Balaban J connectivity index is 1.78. The first kappa shape index (κ1) is 18.4. The zero-order valence-corrected chi connectivity index (χ0v) is 15.5. The number of carbonyl (C=O) groups excluding carboxylic acids is 1. The maximum Gasteiger partial charge on any atom is 0.253 e. The Bertz CT molecular complexity index is 710. The van der Waals surface area contributed by atoms with Gasteiger partial charge in [-0.2, -0.15) is 4.31 Å². The summed E-state index contributed by atoms with van der Waals surface area (Å²) < 4.78 is 33.2. The van der Waals surface area contributed by atoms with E-state index in [1.165, 1.54) is 10.4 Å². The molecule has 6 nitrogen and oxygen atoms in total. The van der Waals surface area contributed by atoms with Crippen LogP contribution in [0.15, 0.2) is 29.2 Å². The molecule has 1 amide bonds. The van der Waals surface area contributed by atoms with E-state index in [1.807, 2.05) is 6.92 Å². The van der Waals surface area contributed by atoms with Gasteiger partial charge in [0.25, 0.3) is 5.91 Å². The fourth-order valence-electron chi connectivity index (χ4n) is 3.22. The summed E-state index contributed by atoms with van der Waals surface area (Å²) in [4.78, 5) is 14.3. The largest absolute Gasteiger partial charge is 0.377 e. The van der Waals surface area contributed by atoms with Crippen molar-refractivity contribution < 1.29 is 17.9 Å². The van der Waals surface area contributed by atoms with Gasteiger partial charge >= 0.3 is 0 Å². The number of ether oxygens (including phenoxy) is 1. The van der Waals surface area contributed by atoms with Crippen LogP contribution in [0.4, 0.5) is 0 Å². The van der Waals surface area contributed by atoms with Crippen LogP contribution < -0.4 is 0 Å². The summed E-state index contributed by atoms with van der Waals surface area (Å²) in [6, 6.07) is 6.39. The molecule has 1 aromatic rings. The normalized spacial score (nSPS) is 21.2. The van der Waals surface area contributed by atoms with Crippen LogP contribution in [0.25, 0.3) is 0 Å². The number of hydrogen-bond acceptors (Lipinski definition) is 4. The van der Waals surface area contributed by atoms with Crippen molar-refractivity contribution in [2.75, 3.05) is 32.8 Å². The van der Waals surface area contributed by atoms with Crippen molar-refractivity contribution in [3.8, 4) is 0 Å². The molecule has 2 saturated heterocycles. The summed E-state index contributed by atoms with van der Waals surface area (Å²) in [5.41, 5.74) is 0.436. The van der Waals surface area contributed by atoms with Crippen LogP contribution in [0.2, 0.25) is 0 Å². The molecule has 0 radical (unpaired) electrons. The predicted molar refractivity (Wildman–Crippen MR) is 95.0 cm³/mol. The van der Waals surface area contributed by atoms with Crippen molar-refractivity contribution in [1.29, 1.82) is 0 Å². The van der Waals surface area contributed by atoms with Crippen LogP contribution in [0.5, 0.6) is 0 Å². The first-order chi connectivity index (χ1) is 12.0. The van der Waals surface area contributed by atoms with Gasteiger partial charge in [-0.05, 0) is 43.9 Å². The first-order valence-corrected chi connectivity index (χ1v) is 10.5. The molecule has 7 heteroatoms. The number of hydrogen-bond donors (Lipinski definition) is 0. The number of rotatable bonds is 6. The third-order valence-electron chi connectivity index (χ3n) is 4.90. The predicted octanol–water partition coefficient (Wildman–Crippen LogP) is 2.11. The van der Waals surface area contributed by atoms with E-state index < -0.39 is 10.0 Å². The Morgan fingerprint density at radius 3 is 2.68 bits per heavy atom. The van der Waals surface area contributed by atoms with Crippen LogP contribution in [0.1, 0.15) is 43.0 Å². The van der Waals surface area contributed by atoms with Gasteiger partial charge < -0.3 is 9.64 Å². The average Bonchev–Trinajstić information content (AvgIpc) is 2.59. The highest BCUT2D eigenvalue weighted by atomic mass is 32.2. The molecule has 0 N–H and O–H groups in total. The second-order valence-electron chi connectivity index (χ2n) is 6.62. The molecule has 2 aliphatic rings. The van der Waals surface area contributed by atoms with Crippen molar-refractivity contribution in [2.24, 2.45) is 0 Å². The summed E-state index contributed by atoms with van der Waals surface area (Å²) in [6.07, 6.45) is 3.96. The van der Waals surface area contributed by atoms with E-state index in [0.717, 1.165) is 38.8 Å². The molecule has 0 saturated carbocycles. The summed E-state index contributed by atoms with van der Waals surface area (Å²) >= 11 is 0. The number of benzene rings is 1. The molecule has 1 unspecified atom stereocenters. The fraction of sp³-hybridized carbons (Fsp3) is 0.611. The topological polar surface area (TPSA) is 66.9 Å². The molecule has 0 bridgehead atoms. The van der Waals surface area contributed by atoms with Crippen molar-refractivity contribution in [3.63, 3.8) is 0 Å². The summed E-state index contributed by atoms with van der Waals surface area (Å²) in [6.45, 7) is 4.76. The van der Waals surface area contributed by atoms with Gasteiger partial charge in [-0.25, -0.2) is 8.42 Å². The van der Waals surface area contributed by atoms with Gasteiger partial charge in [0.2, 0.25) is 10.0 Å². The molecular weight excluding hydrogens is 340 g/mol. The number of carbonyl (C=O) groups is 1. The van der Waals surface area contributed by atoms with Crippen molar-refractivity contribution in [3.05, 3.63) is 29.8 Å². The smallest absolute Gasteiger partial charge is 0.253 e. The van der Waals surface area contributed by atoms with Crippen LogP contribution in [-0.4, -0.2) is 62.4 Å². The minimum Gasteiger partial charge on any atom is -0.377 e. The summed E-state index contributed by atoms with van der Waals surface area (Å²) in [5.74, 6) is -0.0954. The van der Waals surface area contributed by atoms with Crippen LogP contribution in [-0.2, 0) is 14.8 Å². The molecule has 138 valence electrons. The maximum absolute atomic E-state index is 13.0. The zero-order chi connectivity index (χ0) is 17.9. The molecule has 25 heavy (non-hydrogen) atoms. The van der Waals surface area contributed by atoms with Gasteiger partial charge in [-0.3, -0.25) is 4.79 Å². The Morgan fingerprint density at radius 2 is 2.08 bits per heavy atom. The summed E-state index contributed by atoms with van der Waals surface area (Å²) in [7, 11) is -3.64. The van der Waals surface area contributed by atoms with Gasteiger partial charge in [0.1, 0.15) is 0 Å². The molecule has 0 aliphatic carbocycles. The maximum atomic E-state index is 13.0. The lowest BCUT2D eigenvalue weighted by Gasteiger charge is -2.31. The zero-order valence-electron chi connectivity index (χ0n) is 14.7. The molecule has 0 aromatic heterocycles. The quantitative estimate of drug-likeness (QED) is 0.773. The highest BCUT2D eigenvalue weighted by Gasteiger charge is 2.29. The lowest BCUT2D eigenvalue weighted by molar-refractivity contribution is 0.00670. The average molecular weight is 366 g/mol. The first-order valence-electron chi connectivity index (χ1n) is 9.03. The third kappa shape index (κ3) is 4.04. The second kappa shape index (κ2) is 7.85. The third-order valence-corrected chi connectivity index (χ3v) is 6.83. The number of sulfonamides is 1. The van der Waals surface area contributed by atoms with E-state index in [1.54, 1.807) is 23.1 Å². The Labute approximate surface area is 149 Å². The molecule has 2 aliphatic heterocycles.